The third-order valence-corrected chi connectivity index (χ3v) is 4.41. The van der Waals surface area contributed by atoms with Crippen molar-refractivity contribution >= 4 is 5.91 Å². The smallest absolute Gasteiger partial charge is 0.243 e. The average Bonchev–Trinajstić information content (AvgIpc) is 3.41. The van der Waals surface area contributed by atoms with Crippen molar-refractivity contribution in [1.82, 2.24) is 19.4 Å². The Kier molecular flexibility index (Phi) is 5.29. The first-order valence-electron chi connectivity index (χ1n) is 9.06. The second-order valence-corrected chi connectivity index (χ2v) is 6.40. The largest absolute Gasteiger partial charge is 0.467 e. The van der Waals surface area contributed by atoms with Gasteiger partial charge in [-0.2, -0.15) is 0 Å². The van der Waals surface area contributed by atoms with Crippen LogP contribution in [0.4, 0.5) is 0 Å². The fraction of sp³-hybridized carbons (Fsp3) is 0.136. The van der Waals surface area contributed by atoms with Gasteiger partial charge in [0.1, 0.15) is 18.1 Å². The molecule has 0 N–H and O–H groups in total. The van der Waals surface area contributed by atoms with Crippen LogP contribution in [0, 0.1) is 0 Å². The minimum atomic E-state index is -0.0303. The third-order valence-electron chi connectivity index (χ3n) is 4.41. The average molecular weight is 372 g/mol. The van der Waals surface area contributed by atoms with Crippen molar-refractivity contribution in [3.05, 3.63) is 97.0 Å². The monoisotopic (exact) mass is 372 g/mol. The van der Waals surface area contributed by atoms with Gasteiger partial charge < -0.3 is 13.9 Å². The molecule has 0 saturated heterocycles. The van der Waals surface area contributed by atoms with E-state index < -0.39 is 0 Å². The van der Waals surface area contributed by atoms with Crippen LogP contribution in [0.1, 0.15) is 11.5 Å². The number of amides is 1. The molecule has 0 saturated carbocycles. The number of carbonyl (C=O) groups is 1. The first-order chi connectivity index (χ1) is 13.8. The Morgan fingerprint density at radius 2 is 1.79 bits per heavy atom. The number of furan rings is 1. The van der Waals surface area contributed by atoms with Crippen molar-refractivity contribution in [2.45, 2.75) is 19.6 Å². The van der Waals surface area contributed by atoms with Crippen LogP contribution in [0.25, 0.3) is 11.4 Å². The molecular weight excluding hydrogens is 352 g/mol. The van der Waals surface area contributed by atoms with Gasteiger partial charge in [0, 0.05) is 24.2 Å². The summed E-state index contributed by atoms with van der Waals surface area (Å²) in [6.45, 7) is 0.991. The van der Waals surface area contributed by atoms with Gasteiger partial charge in [0.05, 0.1) is 25.0 Å². The van der Waals surface area contributed by atoms with Gasteiger partial charge in [-0.25, -0.2) is 4.98 Å². The summed E-state index contributed by atoms with van der Waals surface area (Å²) in [5.41, 5.74) is 1.80. The van der Waals surface area contributed by atoms with Gasteiger partial charge in [0.2, 0.25) is 5.91 Å². The van der Waals surface area contributed by atoms with E-state index in [2.05, 4.69) is 9.97 Å². The van der Waals surface area contributed by atoms with Crippen molar-refractivity contribution in [2.75, 3.05) is 0 Å². The number of hydrogen-bond acceptors (Lipinski definition) is 4. The molecule has 0 atom stereocenters. The van der Waals surface area contributed by atoms with Gasteiger partial charge >= 0.3 is 0 Å². The van der Waals surface area contributed by atoms with Crippen LogP contribution >= 0.6 is 0 Å². The topological polar surface area (TPSA) is 64.2 Å². The van der Waals surface area contributed by atoms with Crippen molar-refractivity contribution in [3.63, 3.8) is 0 Å². The van der Waals surface area contributed by atoms with Crippen LogP contribution in [-0.4, -0.2) is 25.3 Å². The van der Waals surface area contributed by atoms with E-state index in [1.54, 1.807) is 23.6 Å². The molecule has 6 nitrogen and oxygen atoms in total. The van der Waals surface area contributed by atoms with Crippen molar-refractivity contribution in [2.24, 2.45) is 0 Å². The summed E-state index contributed by atoms with van der Waals surface area (Å²) < 4.78 is 7.31. The van der Waals surface area contributed by atoms with E-state index in [-0.39, 0.29) is 12.5 Å². The Labute approximate surface area is 163 Å². The molecule has 0 bridgehead atoms. The Balaban J connectivity index is 1.55. The molecule has 4 rings (SSSR count). The number of imidazole rings is 1. The van der Waals surface area contributed by atoms with Crippen LogP contribution in [0.15, 0.2) is 89.9 Å². The Hall–Kier alpha value is -3.67. The van der Waals surface area contributed by atoms with Gasteiger partial charge in [-0.05, 0) is 24.3 Å². The molecule has 0 unspecified atom stereocenters. The van der Waals surface area contributed by atoms with Gasteiger partial charge in [0.25, 0.3) is 0 Å². The maximum atomic E-state index is 13.1. The predicted octanol–water partition coefficient (Wildman–Crippen LogP) is 3.77. The van der Waals surface area contributed by atoms with E-state index in [0.717, 1.165) is 22.8 Å². The van der Waals surface area contributed by atoms with E-state index in [4.69, 9.17) is 4.42 Å². The number of aromatic nitrogens is 3. The summed E-state index contributed by atoms with van der Waals surface area (Å²) in [7, 11) is 0. The summed E-state index contributed by atoms with van der Waals surface area (Å²) in [6.07, 6.45) is 6.88. The predicted molar refractivity (Wildman–Crippen MR) is 105 cm³/mol. The zero-order valence-electron chi connectivity index (χ0n) is 15.3. The molecule has 4 aromatic rings. The van der Waals surface area contributed by atoms with Crippen LogP contribution < -0.4 is 0 Å². The molecule has 3 aromatic heterocycles. The lowest BCUT2D eigenvalue weighted by molar-refractivity contribution is -0.133. The normalized spacial score (nSPS) is 10.7. The van der Waals surface area contributed by atoms with Crippen molar-refractivity contribution in [1.29, 1.82) is 0 Å². The van der Waals surface area contributed by atoms with E-state index in [0.29, 0.717) is 13.1 Å². The fourth-order valence-electron chi connectivity index (χ4n) is 3.04. The molecule has 0 fully saturated rings. The number of rotatable bonds is 7. The molecule has 1 amide bonds. The van der Waals surface area contributed by atoms with Crippen LogP contribution in [0.3, 0.4) is 0 Å². The van der Waals surface area contributed by atoms with E-state index in [1.807, 2.05) is 71.4 Å². The highest BCUT2D eigenvalue weighted by atomic mass is 16.3. The van der Waals surface area contributed by atoms with Crippen LogP contribution in [0.5, 0.6) is 0 Å². The number of carbonyl (C=O) groups excluding carboxylic acids is 1. The third kappa shape index (κ3) is 4.17. The highest BCUT2D eigenvalue weighted by Gasteiger charge is 2.18. The number of nitrogens with zero attached hydrogens (tertiary/aromatic N) is 4. The second kappa shape index (κ2) is 8.35. The molecule has 0 aliphatic rings. The van der Waals surface area contributed by atoms with Crippen LogP contribution in [-0.2, 0) is 24.4 Å². The van der Waals surface area contributed by atoms with E-state index in [9.17, 15) is 4.79 Å². The highest BCUT2D eigenvalue weighted by Crippen LogP contribution is 2.18. The highest BCUT2D eigenvalue weighted by molar-refractivity contribution is 5.76. The Morgan fingerprint density at radius 1 is 0.929 bits per heavy atom. The zero-order valence-corrected chi connectivity index (χ0v) is 15.3. The van der Waals surface area contributed by atoms with Gasteiger partial charge in [-0.3, -0.25) is 9.78 Å². The first-order valence-corrected chi connectivity index (χ1v) is 9.06. The van der Waals surface area contributed by atoms with Crippen molar-refractivity contribution in [3.8, 4) is 11.4 Å². The summed E-state index contributed by atoms with van der Waals surface area (Å²) in [5.74, 6) is 1.47. The molecule has 140 valence electrons. The minimum absolute atomic E-state index is 0.0303. The lowest BCUT2D eigenvalue weighted by atomic mass is 10.2. The quantitative estimate of drug-likeness (QED) is 0.495. The second-order valence-electron chi connectivity index (χ2n) is 6.40. The van der Waals surface area contributed by atoms with Crippen LogP contribution in [0.2, 0.25) is 0 Å². The Morgan fingerprint density at radius 3 is 2.54 bits per heavy atom. The molecule has 0 radical (unpaired) electrons. The molecular formula is C22H20N4O2. The molecule has 0 aliphatic carbocycles. The van der Waals surface area contributed by atoms with Gasteiger partial charge in [0.15, 0.2) is 0 Å². The zero-order chi connectivity index (χ0) is 19.2. The standard InChI is InChI=1S/C22H20N4O2/c27-21(17-25-13-12-24-22(25)18-7-2-1-3-8-18)26(16-20-10-6-14-28-20)15-19-9-4-5-11-23-19/h1-14H,15-17H2. The summed E-state index contributed by atoms with van der Waals surface area (Å²) in [5, 5.41) is 0. The number of benzene rings is 1. The number of pyridine rings is 1. The summed E-state index contributed by atoms with van der Waals surface area (Å²) >= 11 is 0. The molecule has 6 heteroatoms. The Bertz CT molecular complexity index is 1010. The summed E-state index contributed by atoms with van der Waals surface area (Å²) in [6, 6.07) is 19.2. The lowest BCUT2D eigenvalue weighted by Crippen LogP contribution is -2.33. The molecule has 0 spiro atoms. The summed E-state index contributed by atoms with van der Waals surface area (Å²) in [4.78, 5) is 23.6. The molecule has 28 heavy (non-hydrogen) atoms. The lowest BCUT2D eigenvalue weighted by Gasteiger charge is -2.22. The molecule has 1 aromatic carbocycles. The van der Waals surface area contributed by atoms with Gasteiger partial charge in [-0.1, -0.05) is 36.4 Å². The minimum Gasteiger partial charge on any atom is -0.467 e. The fourth-order valence-corrected chi connectivity index (χ4v) is 3.04. The number of hydrogen-bond donors (Lipinski definition) is 0. The molecule has 3 heterocycles. The van der Waals surface area contributed by atoms with Gasteiger partial charge in [-0.15, -0.1) is 0 Å². The van der Waals surface area contributed by atoms with E-state index >= 15 is 0 Å². The first kappa shape index (κ1) is 17.7. The SMILES string of the molecule is O=C(Cn1ccnc1-c1ccccc1)N(Cc1ccccn1)Cc1ccco1. The van der Waals surface area contributed by atoms with E-state index in [1.165, 1.54) is 0 Å². The molecule has 0 aliphatic heterocycles. The van der Waals surface area contributed by atoms with Crippen molar-refractivity contribution < 1.29 is 9.21 Å². The maximum absolute atomic E-state index is 13.1. The maximum Gasteiger partial charge on any atom is 0.243 e.